The molecule has 1 aromatic carbocycles. The summed E-state index contributed by atoms with van der Waals surface area (Å²) in [4.78, 5) is 2.51. The number of nitrogens with two attached hydrogens (primary N) is 1. The van der Waals surface area contributed by atoms with Crippen LogP contribution in [0.5, 0.6) is 0 Å². The molecule has 0 saturated heterocycles. The summed E-state index contributed by atoms with van der Waals surface area (Å²) in [5, 5.41) is 0. The Hall–Kier alpha value is -1.02. The fourth-order valence-corrected chi connectivity index (χ4v) is 2.18. The first-order chi connectivity index (χ1) is 7.09. The first-order valence-corrected chi connectivity index (χ1v) is 5.70. The molecule has 2 rings (SSSR count). The van der Waals surface area contributed by atoms with Crippen LogP contribution in [0.4, 0.5) is 5.69 Å². The second kappa shape index (κ2) is 3.86. The van der Waals surface area contributed by atoms with Crippen LogP contribution in [0, 0.1) is 5.92 Å². The van der Waals surface area contributed by atoms with E-state index in [-0.39, 0.29) is 0 Å². The standard InChI is InChI=1S/C13H20N2/c1-9(2)10(3)15-7-11-5-4-6-13(14)12(11)8-15/h4-6,9-10H,7-8,14H2,1-3H3. The van der Waals surface area contributed by atoms with Crippen LogP contribution in [0.25, 0.3) is 0 Å². The number of nitrogens with zero attached hydrogens (tertiary/aromatic N) is 1. The molecule has 0 amide bonds. The zero-order valence-corrected chi connectivity index (χ0v) is 9.83. The normalized spacial score (nSPS) is 18.1. The van der Waals surface area contributed by atoms with Crippen molar-refractivity contribution < 1.29 is 0 Å². The second-order valence-electron chi connectivity index (χ2n) is 4.87. The summed E-state index contributed by atoms with van der Waals surface area (Å²) in [5.74, 6) is 0.695. The molecule has 2 heteroatoms. The molecule has 1 aliphatic rings. The summed E-state index contributed by atoms with van der Waals surface area (Å²) in [6, 6.07) is 6.87. The summed E-state index contributed by atoms with van der Waals surface area (Å²) in [6.07, 6.45) is 0. The van der Waals surface area contributed by atoms with E-state index in [1.165, 1.54) is 11.1 Å². The van der Waals surface area contributed by atoms with Gasteiger partial charge in [-0.3, -0.25) is 4.90 Å². The number of anilines is 1. The topological polar surface area (TPSA) is 29.3 Å². The molecule has 0 radical (unpaired) electrons. The van der Waals surface area contributed by atoms with Crippen molar-refractivity contribution in [2.45, 2.75) is 39.9 Å². The first-order valence-electron chi connectivity index (χ1n) is 5.70. The number of hydrogen-bond donors (Lipinski definition) is 1. The molecule has 1 heterocycles. The van der Waals surface area contributed by atoms with Crippen LogP contribution in [-0.4, -0.2) is 10.9 Å². The molecule has 2 N–H and O–H groups in total. The number of fused-ring (bicyclic) bond motifs is 1. The van der Waals surface area contributed by atoms with Crippen molar-refractivity contribution in [3.05, 3.63) is 29.3 Å². The van der Waals surface area contributed by atoms with Crippen molar-refractivity contribution in [1.82, 2.24) is 4.90 Å². The van der Waals surface area contributed by atoms with E-state index in [1.54, 1.807) is 0 Å². The Balaban J connectivity index is 2.19. The van der Waals surface area contributed by atoms with Gasteiger partial charge in [0.2, 0.25) is 0 Å². The van der Waals surface area contributed by atoms with Crippen molar-refractivity contribution in [2.24, 2.45) is 5.92 Å². The molecule has 0 bridgehead atoms. The van der Waals surface area contributed by atoms with Crippen LogP contribution in [0.2, 0.25) is 0 Å². The lowest BCUT2D eigenvalue weighted by Gasteiger charge is -2.27. The van der Waals surface area contributed by atoms with E-state index >= 15 is 0 Å². The van der Waals surface area contributed by atoms with Crippen molar-refractivity contribution in [3.8, 4) is 0 Å². The van der Waals surface area contributed by atoms with Crippen LogP contribution >= 0.6 is 0 Å². The molecule has 0 aromatic heterocycles. The van der Waals surface area contributed by atoms with E-state index in [0.717, 1.165) is 18.8 Å². The molecule has 15 heavy (non-hydrogen) atoms. The van der Waals surface area contributed by atoms with Crippen LogP contribution < -0.4 is 5.73 Å². The predicted octanol–water partition coefficient (Wildman–Crippen LogP) is 2.63. The molecule has 0 spiro atoms. The van der Waals surface area contributed by atoms with Crippen molar-refractivity contribution >= 4 is 5.69 Å². The van der Waals surface area contributed by atoms with Crippen molar-refractivity contribution in [3.63, 3.8) is 0 Å². The van der Waals surface area contributed by atoms with Gasteiger partial charge in [0.05, 0.1) is 0 Å². The van der Waals surface area contributed by atoms with Gasteiger partial charge in [-0.1, -0.05) is 26.0 Å². The molecule has 2 nitrogen and oxygen atoms in total. The maximum absolute atomic E-state index is 5.98. The summed E-state index contributed by atoms with van der Waals surface area (Å²) in [6.45, 7) is 8.92. The number of hydrogen-bond acceptors (Lipinski definition) is 2. The highest BCUT2D eigenvalue weighted by atomic mass is 15.2. The van der Waals surface area contributed by atoms with Gasteiger partial charge in [0, 0.05) is 24.8 Å². The zero-order valence-electron chi connectivity index (χ0n) is 9.83. The van der Waals surface area contributed by atoms with Gasteiger partial charge in [0.1, 0.15) is 0 Å². The van der Waals surface area contributed by atoms with E-state index < -0.39 is 0 Å². The minimum Gasteiger partial charge on any atom is -0.398 e. The van der Waals surface area contributed by atoms with Gasteiger partial charge in [-0.2, -0.15) is 0 Å². The largest absolute Gasteiger partial charge is 0.398 e. The maximum atomic E-state index is 5.98. The lowest BCUT2D eigenvalue weighted by molar-refractivity contribution is 0.170. The Bertz CT molecular complexity index is 358. The summed E-state index contributed by atoms with van der Waals surface area (Å²) >= 11 is 0. The Labute approximate surface area is 92.1 Å². The molecule has 0 saturated carbocycles. The monoisotopic (exact) mass is 204 g/mol. The van der Waals surface area contributed by atoms with Gasteiger partial charge in [-0.15, -0.1) is 0 Å². The minimum atomic E-state index is 0.622. The third kappa shape index (κ3) is 1.86. The number of benzene rings is 1. The van der Waals surface area contributed by atoms with Gasteiger partial charge < -0.3 is 5.73 Å². The Morgan fingerprint density at radius 3 is 2.53 bits per heavy atom. The Kier molecular flexibility index (Phi) is 2.70. The highest BCUT2D eigenvalue weighted by Crippen LogP contribution is 2.30. The van der Waals surface area contributed by atoms with E-state index in [2.05, 4.69) is 37.8 Å². The van der Waals surface area contributed by atoms with Crippen molar-refractivity contribution in [1.29, 1.82) is 0 Å². The minimum absolute atomic E-state index is 0.622. The van der Waals surface area contributed by atoms with Crippen molar-refractivity contribution in [2.75, 3.05) is 5.73 Å². The smallest absolute Gasteiger partial charge is 0.0363 e. The van der Waals surface area contributed by atoms with Crippen LogP contribution in [-0.2, 0) is 13.1 Å². The summed E-state index contributed by atoms with van der Waals surface area (Å²) in [7, 11) is 0. The van der Waals surface area contributed by atoms with Crippen LogP contribution in [0.3, 0.4) is 0 Å². The third-order valence-corrected chi connectivity index (χ3v) is 3.58. The molecule has 0 fully saturated rings. The molecule has 1 atom stereocenters. The number of rotatable bonds is 2. The fourth-order valence-electron chi connectivity index (χ4n) is 2.18. The van der Waals surface area contributed by atoms with Gasteiger partial charge in [0.15, 0.2) is 0 Å². The average molecular weight is 204 g/mol. The molecule has 82 valence electrons. The fraction of sp³-hybridized carbons (Fsp3) is 0.538. The molecule has 0 aliphatic carbocycles. The highest BCUT2D eigenvalue weighted by molar-refractivity contribution is 5.52. The van der Waals surface area contributed by atoms with E-state index in [1.807, 2.05) is 6.07 Å². The van der Waals surface area contributed by atoms with Gasteiger partial charge in [0.25, 0.3) is 0 Å². The van der Waals surface area contributed by atoms with E-state index in [0.29, 0.717) is 12.0 Å². The zero-order chi connectivity index (χ0) is 11.0. The highest BCUT2D eigenvalue weighted by Gasteiger charge is 2.25. The Morgan fingerprint density at radius 2 is 1.93 bits per heavy atom. The van der Waals surface area contributed by atoms with Gasteiger partial charge in [-0.25, -0.2) is 0 Å². The molecular weight excluding hydrogens is 184 g/mol. The predicted molar refractivity (Wildman–Crippen MR) is 64.4 cm³/mol. The first kappa shape index (κ1) is 10.5. The molecular formula is C13H20N2. The van der Waals surface area contributed by atoms with Crippen LogP contribution in [0.1, 0.15) is 31.9 Å². The summed E-state index contributed by atoms with van der Waals surface area (Å²) in [5.41, 5.74) is 9.68. The average Bonchev–Trinajstić information content (AvgIpc) is 2.61. The summed E-state index contributed by atoms with van der Waals surface area (Å²) < 4.78 is 0. The molecule has 1 aromatic rings. The molecule has 1 unspecified atom stereocenters. The Morgan fingerprint density at radius 1 is 1.20 bits per heavy atom. The SMILES string of the molecule is CC(C)C(C)N1Cc2cccc(N)c2C1. The number of nitrogen functional groups attached to an aromatic ring is 1. The maximum Gasteiger partial charge on any atom is 0.0363 e. The van der Waals surface area contributed by atoms with Crippen LogP contribution in [0.15, 0.2) is 18.2 Å². The van der Waals surface area contributed by atoms with E-state index in [4.69, 9.17) is 5.73 Å². The lowest BCUT2D eigenvalue weighted by Crippen LogP contribution is -2.32. The molecule has 1 aliphatic heterocycles. The quantitative estimate of drug-likeness (QED) is 0.750. The lowest BCUT2D eigenvalue weighted by atomic mass is 10.1. The van der Waals surface area contributed by atoms with Gasteiger partial charge >= 0.3 is 0 Å². The third-order valence-electron chi connectivity index (χ3n) is 3.58. The second-order valence-corrected chi connectivity index (χ2v) is 4.87. The van der Waals surface area contributed by atoms with E-state index in [9.17, 15) is 0 Å². The van der Waals surface area contributed by atoms with Gasteiger partial charge in [-0.05, 0) is 30.0 Å².